The Labute approximate surface area is 90.6 Å². The number of pyridine rings is 1. The van der Waals surface area contributed by atoms with E-state index in [1.807, 2.05) is 18.3 Å². The van der Waals surface area contributed by atoms with Crippen molar-refractivity contribution in [3.05, 3.63) is 30.0 Å². The van der Waals surface area contributed by atoms with E-state index in [1.54, 1.807) is 0 Å². The van der Waals surface area contributed by atoms with Crippen LogP contribution in [0.1, 0.15) is 18.4 Å². The van der Waals surface area contributed by atoms with Gasteiger partial charge in [-0.2, -0.15) is 0 Å². The minimum absolute atomic E-state index is 0.577. The quantitative estimate of drug-likeness (QED) is 0.812. The van der Waals surface area contributed by atoms with Crippen molar-refractivity contribution in [1.82, 2.24) is 4.98 Å². The number of hydrogen-bond donors (Lipinski definition) is 1. The molecule has 2 heterocycles. The SMILES string of the molecule is NC/C=C/c1ccc(N2CCCC2)nc1. The van der Waals surface area contributed by atoms with Gasteiger partial charge in [0.15, 0.2) is 0 Å². The molecule has 3 nitrogen and oxygen atoms in total. The normalized spacial score (nSPS) is 16.5. The van der Waals surface area contributed by atoms with Crippen LogP contribution < -0.4 is 10.6 Å². The van der Waals surface area contributed by atoms with Gasteiger partial charge in [0.1, 0.15) is 5.82 Å². The summed E-state index contributed by atoms with van der Waals surface area (Å²) in [5.41, 5.74) is 6.50. The standard InChI is InChI=1S/C12H17N3/c13-7-3-4-11-5-6-12(14-10-11)15-8-1-2-9-15/h3-6,10H,1-2,7-9,13H2/b4-3+. The average Bonchev–Trinajstić information content (AvgIpc) is 2.80. The van der Waals surface area contributed by atoms with Crippen molar-refractivity contribution >= 4 is 11.9 Å². The van der Waals surface area contributed by atoms with Gasteiger partial charge >= 0.3 is 0 Å². The molecule has 1 saturated heterocycles. The highest BCUT2D eigenvalue weighted by atomic mass is 15.2. The molecule has 0 bridgehead atoms. The molecule has 0 unspecified atom stereocenters. The molecule has 80 valence electrons. The molecule has 0 aliphatic carbocycles. The number of nitrogens with two attached hydrogens (primary N) is 1. The minimum atomic E-state index is 0.577. The molecular weight excluding hydrogens is 186 g/mol. The lowest BCUT2D eigenvalue weighted by Gasteiger charge is -2.15. The van der Waals surface area contributed by atoms with Gasteiger partial charge in [-0.15, -0.1) is 0 Å². The Kier molecular flexibility index (Phi) is 3.35. The van der Waals surface area contributed by atoms with E-state index in [0.29, 0.717) is 6.54 Å². The van der Waals surface area contributed by atoms with Gasteiger partial charge in [0.05, 0.1) is 0 Å². The topological polar surface area (TPSA) is 42.1 Å². The summed E-state index contributed by atoms with van der Waals surface area (Å²) < 4.78 is 0. The maximum Gasteiger partial charge on any atom is 0.128 e. The molecule has 1 aromatic rings. The first-order valence-corrected chi connectivity index (χ1v) is 5.48. The molecule has 1 fully saturated rings. The summed E-state index contributed by atoms with van der Waals surface area (Å²) in [6.07, 6.45) is 8.42. The lowest BCUT2D eigenvalue weighted by atomic mass is 10.2. The van der Waals surface area contributed by atoms with Crippen molar-refractivity contribution in [2.75, 3.05) is 24.5 Å². The third-order valence-corrected chi connectivity index (χ3v) is 2.65. The number of aromatic nitrogens is 1. The van der Waals surface area contributed by atoms with Crippen LogP contribution >= 0.6 is 0 Å². The fourth-order valence-corrected chi connectivity index (χ4v) is 1.83. The van der Waals surface area contributed by atoms with Crippen LogP contribution in [0.25, 0.3) is 6.08 Å². The smallest absolute Gasteiger partial charge is 0.128 e. The Morgan fingerprint density at radius 3 is 2.73 bits per heavy atom. The third kappa shape index (κ3) is 2.57. The first-order chi connectivity index (χ1) is 7.40. The lowest BCUT2D eigenvalue weighted by molar-refractivity contribution is 0.937. The second-order valence-electron chi connectivity index (χ2n) is 3.78. The van der Waals surface area contributed by atoms with Crippen LogP contribution in [0.4, 0.5) is 5.82 Å². The molecule has 1 aliphatic heterocycles. The van der Waals surface area contributed by atoms with E-state index in [0.717, 1.165) is 24.5 Å². The summed E-state index contributed by atoms with van der Waals surface area (Å²) in [5, 5.41) is 0. The number of nitrogens with zero attached hydrogens (tertiary/aromatic N) is 2. The molecule has 0 radical (unpaired) electrons. The fourth-order valence-electron chi connectivity index (χ4n) is 1.83. The molecule has 1 aromatic heterocycles. The highest BCUT2D eigenvalue weighted by Gasteiger charge is 2.12. The van der Waals surface area contributed by atoms with Crippen LogP contribution in [0.2, 0.25) is 0 Å². The molecule has 1 aliphatic rings. The zero-order chi connectivity index (χ0) is 10.5. The van der Waals surface area contributed by atoms with Gasteiger partial charge in [0.25, 0.3) is 0 Å². The van der Waals surface area contributed by atoms with Crippen LogP contribution in [-0.4, -0.2) is 24.6 Å². The summed E-state index contributed by atoms with van der Waals surface area (Å²) in [4.78, 5) is 6.78. The maximum absolute atomic E-state index is 5.39. The van der Waals surface area contributed by atoms with Crippen molar-refractivity contribution in [2.24, 2.45) is 5.73 Å². The summed E-state index contributed by atoms with van der Waals surface area (Å²) >= 11 is 0. The van der Waals surface area contributed by atoms with Crippen molar-refractivity contribution < 1.29 is 0 Å². The number of anilines is 1. The van der Waals surface area contributed by atoms with Gasteiger partial charge in [-0.1, -0.05) is 12.2 Å². The Bertz CT molecular complexity index is 323. The molecule has 0 aromatic carbocycles. The van der Waals surface area contributed by atoms with Gasteiger partial charge in [-0.3, -0.25) is 0 Å². The summed E-state index contributed by atoms with van der Waals surface area (Å²) in [7, 11) is 0. The van der Waals surface area contributed by atoms with Gasteiger partial charge < -0.3 is 10.6 Å². The molecule has 15 heavy (non-hydrogen) atoms. The predicted octanol–water partition coefficient (Wildman–Crippen LogP) is 1.65. The Hall–Kier alpha value is -1.35. The zero-order valence-corrected chi connectivity index (χ0v) is 8.89. The third-order valence-electron chi connectivity index (χ3n) is 2.65. The molecular formula is C12H17N3. The van der Waals surface area contributed by atoms with E-state index < -0.39 is 0 Å². The van der Waals surface area contributed by atoms with Crippen LogP contribution in [0.5, 0.6) is 0 Å². The van der Waals surface area contributed by atoms with Crippen molar-refractivity contribution in [3.8, 4) is 0 Å². The van der Waals surface area contributed by atoms with E-state index in [1.165, 1.54) is 12.8 Å². The summed E-state index contributed by atoms with van der Waals surface area (Å²) in [6.45, 7) is 2.86. The van der Waals surface area contributed by atoms with E-state index in [4.69, 9.17) is 5.73 Å². The lowest BCUT2D eigenvalue weighted by Crippen LogP contribution is -2.18. The molecule has 2 rings (SSSR count). The monoisotopic (exact) mass is 203 g/mol. The molecule has 0 spiro atoms. The van der Waals surface area contributed by atoms with Gasteiger partial charge in [-0.25, -0.2) is 4.98 Å². The fraction of sp³-hybridized carbons (Fsp3) is 0.417. The zero-order valence-electron chi connectivity index (χ0n) is 8.89. The van der Waals surface area contributed by atoms with Gasteiger partial charge in [0, 0.05) is 25.8 Å². The van der Waals surface area contributed by atoms with E-state index >= 15 is 0 Å². The van der Waals surface area contributed by atoms with Gasteiger partial charge in [-0.05, 0) is 30.5 Å². The predicted molar refractivity (Wildman–Crippen MR) is 63.8 cm³/mol. The molecule has 0 amide bonds. The van der Waals surface area contributed by atoms with Crippen LogP contribution in [0, 0.1) is 0 Å². The van der Waals surface area contributed by atoms with E-state index in [2.05, 4.69) is 22.0 Å². The maximum atomic E-state index is 5.39. The molecule has 2 N–H and O–H groups in total. The first-order valence-electron chi connectivity index (χ1n) is 5.48. The van der Waals surface area contributed by atoms with Crippen LogP contribution in [0.15, 0.2) is 24.4 Å². The second kappa shape index (κ2) is 4.94. The van der Waals surface area contributed by atoms with Crippen molar-refractivity contribution in [1.29, 1.82) is 0 Å². The first kappa shape index (κ1) is 10.2. The second-order valence-corrected chi connectivity index (χ2v) is 3.78. The minimum Gasteiger partial charge on any atom is -0.357 e. The highest BCUT2D eigenvalue weighted by Crippen LogP contribution is 2.17. The highest BCUT2D eigenvalue weighted by molar-refractivity contribution is 5.51. The average molecular weight is 203 g/mol. The van der Waals surface area contributed by atoms with E-state index in [9.17, 15) is 0 Å². The molecule has 0 atom stereocenters. The van der Waals surface area contributed by atoms with Crippen molar-refractivity contribution in [3.63, 3.8) is 0 Å². The number of hydrogen-bond acceptors (Lipinski definition) is 3. The summed E-state index contributed by atoms with van der Waals surface area (Å²) in [6, 6.07) is 4.17. The van der Waals surface area contributed by atoms with Crippen molar-refractivity contribution in [2.45, 2.75) is 12.8 Å². The van der Waals surface area contributed by atoms with Crippen LogP contribution in [-0.2, 0) is 0 Å². The Morgan fingerprint density at radius 1 is 1.33 bits per heavy atom. The molecule has 3 heteroatoms. The van der Waals surface area contributed by atoms with E-state index in [-0.39, 0.29) is 0 Å². The molecule has 0 saturated carbocycles. The van der Waals surface area contributed by atoms with Gasteiger partial charge in [0.2, 0.25) is 0 Å². The summed E-state index contributed by atoms with van der Waals surface area (Å²) in [5.74, 6) is 1.09. The van der Waals surface area contributed by atoms with Crippen LogP contribution in [0.3, 0.4) is 0 Å². The largest absolute Gasteiger partial charge is 0.357 e. The number of rotatable bonds is 3. The Balaban J connectivity index is 2.06. The Morgan fingerprint density at radius 2 is 2.13 bits per heavy atom.